The minimum absolute atomic E-state index is 0.204. The van der Waals surface area contributed by atoms with Gasteiger partial charge in [-0.15, -0.1) is 0 Å². The molecule has 2 aromatic rings. The van der Waals surface area contributed by atoms with Gasteiger partial charge in [0.25, 0.3) is 0 Å². The fourth-order valence-electron chi connectivity index (χ4n) is 2.68. The molecule has 1 aliphatic heterocycles. The van der Waals surface area contributed by atoms with Crippen molar-refractivity contribution in [3.05, 3.63) is 47.5 Å². The van der Waals surface area contributed by atoms with Crippen molar-refractivity contribution in [1.29, 1.82) is 0 Å². The van der Waals surface area contributed by atoms with Crippen LogP contribution in [-0.4, -0.2) is 12.6 Å². The van der Waals surface area contributed by atoms with Gasteiger partial charge in [0, 0.05) is 35.1 Å². The lowest BCUT2D eigenvalue weighted by Crippen LogP contribution is -2.16. The zero-order chi connectivity index (χ0) is 14.1. The van der Waals surface area contributed by atoms with Crippen molar-refractivity contribution in [2.75, 3.05) is 11.9 Å². The van der Waals surface area contributed by atoms with E-state index in [2.05, 4.69) is 5.32 Å². The zero-order valence-electron chi connectivity index (χ0n) is 10.6. The fourth-order valence-corrected chi connectivity index (χ4v) is 2.85. The first-order valence-corrected chi connectivity index (χ1v) is 6.68. The molecule has 3 rings (SSSR count). The fraction of sp³-hybridized carbons (Fsp3) is 0.133. The number of ether oxygens (including phenoxy) is 1. The van der Waals surface area contributed by atoms with Gasteiger partial charge in [0.15, 0.2) is 0 Å². The van der Waals surface area contributed by atoms with E-state index in [1.54, 1.807) is 0 Å². The molecule has 1 unspecified atom stereocenters. The number of carbonyl (C=O) groups excluding carboxylic acids is 1. The zero-order valence-corrected chi connectivity index (χ0v) is 11.4. The topological polar surface area (TPSA) is 64.4 Å². The Hall–Kier alpha value is -2.20. The van der Waals surface area contributed by atoms with E-state index in [0.29, 0.717) is 5.75 Å². The number of benzene rings is 2. The van der Waals surface area contributed by atoms with Crippen molar-refractivity contribution >= 4 is 34.2 Å². The molecule has 0 fully saturated rings. The van der Waals surface area contributed by atoms with Gasteiger partial charge in [-0.3, -0.25) is 0 Å². The summed E-state index contributed by atoms with van der Waals surface area (Å²) in [7, 11) is 0. The highest BCUT2D eigenvalue weighted by Gasteiger charge is 2.24. The quantitative estimate of drug-likeness (QED) is 0.888. The number of nitrogens with two attached hydrogens (primary N) is 1. The molecular formula is C15H13ClN2O2. The Bertz CT molecular complexity index is 712. The third-order valence-electron chi connectivity index (χ3n) is 3.45. The molecule has 0 saturated carbocycles. The molecule has 4 nitrogen and oxygen atoms in total. The number of halogens is 1. The molecule has 1 aliphatic rings. The van der Waals surface area contributed by atoms with E-state index in [1.165, 1.54) is 5.54 Å². The predicted molar refractivity (Wildman–Crippen MR) is 80.4 cm³/mol. The summed E-state index contributed by atoms with van der Waals surface area (Å²) in [6.07, 6.45) is 1.13. The number of carbonyl (C=O) groups is 1. The maximum atomic E-state index is 11.0. The molecule has 5 heteroatoms. The summed E-state index contributed by atoms with van der Waals surface area (Å²) in [5, 5.41) is 5.19. The third-order valence-corrected chi connectivity index (χ3v) is 3.59. The van der Waals surface area contributed by atoms with Gasteiger partial charge in [0.2, 0.25) is 0 Å². The third kappa shape index (κ3) is 2.08. The van der Waals surface area contributed by atoms with Crippen molar-refractivity contribution in [2.24, 2.45) is 5.73 Å². The lowest BCUT2D eigenvalue weighted by Gasteiger charge is -2.12. The summed E-state index contributed by atoms with van der Waals surface area (Å²) < 4.78 is 5.10. The average Bonchev–Trinajstić information content (AvgIpc) is 2.82. The van der Waals surface area contributed by atoms with Crippen LogP contribution >= 0.6 is 11.6 Å². The highest BCUT2D eigenvalue weighted by Crippen LogP contribution is 2.42. The Kier molecular flexibility index (Phi) is 3.24. The van der Waals surface area contributed by atoms with Crippen molar-refractivity contribution in [3.63, 3.8) is 0 Å². The monoisotopic (exact) mass is 288 g/mol. The van der Waals surface area contributed by atoms with E-state index in [9.17, 15) is 4.79 Å². The smallest absolute Gasteiger partial charge is 0.409 e. The molecule has 0 radical (unpaired) electrons. The first-order valence-electron chi connectivity index (χ1n) is 6.24. The number of rotatable bonds is 2. The van der Waals surface area contributed by atoms with Crippen LogP contribution in [-0.2, 0) is 0 Å². The number of hydrogen-bond donors (Lipinski definition) is 2. The van der Waals surface area contributed by atoms with E-state index in [1.807, 2.05) is 36.4 Å². The van der Waals surface area contributed by atoms with Crippen LogP contribution in [0, 0.1) is 0 Å². The molecule has 0 saturated heterocycles. The lowest BCUT2D eigenvalue weighted by molar-refractivity contribution is 0.211. The Labute approximate surface area is 121 Å². The lowest BCUT2D eigenvalue weighted by atomic mass is 9.94. The van der Waals surface area contributed by atoms with Crippen molar-refractivity contribution < 1.29 is 9.53 Å². The van der Waals surface area contributed by atoms with Crippen LogP contribution in [0.1, 0.15) is 11.5 Å². The van der Waals surface area contributed by atoms with Crippen LogP contribution in [0.25, 0.3) is 10.8 Å². The van der Waals surface area contributed by atoms with Crippen LogP contribution in [0.4, 0.5) is 10.5 Å². The van der Waals surface area contributed by atoms with Crippen LogP contribution in [0.5, 0.6) is 5.75 Å². The van der Waals surface area contributed by atoms with Crippen LogP contribution in [0.15, 0.2) is 41.9 Å². The Morgan fingerprint density at radius 3 is 2.85 bits per heavy atom. The number of nitrogens with one attached hydrogen (secondary N) is 1. The highest BCUT2D eigenvalue weighted by atomic mass is 35.5. The summed E-state index contributed by atoms with van der Waals surface area (Å²) >= 11 is 5.71. The predicted octanol–water partition coefficient (Wildman–Crippen LogP) is 3.56. The first-order chi connectivity index (χ1) is 9.70. The molecule has 2 aromatic carbocycles. The number of amides is 1. The molecule has 0 aromatic heterocycles. The molecular weight excluding hydrogens is 276 g/mol. The molecule has 0 aliphatic carbocycles. The molecule has 0 bridgehead atoms. The summed E-state index contributed by atoms with van der Waals surface area (Å²) in [4.78, 5) is 11.0. The van der Waals surface area contributed by atoms with Crippen LogP contribution in [0.3, 0.4) is 0 Å². The molecule has 1 atom stereocenters. The Morgan fingerprint density at radius 1 is 1.40 bits per heavy atom. The van der Waals surface area contributed by atoms with E-state index in [4.69, 9.17) is 22.1 Å². The Balaban J connectivity index is 2.25. The minimum atomic E-state index is -0.815. The summed E-state index contributed by atoms with van der Waals surface area (Å²) in [6.45, 7) is 0.766. The van der Waals surface area contributed by atoms with Crippen LogP contribution < -0.4 is 15.8 Å². The van der Waals surface area contributed by atoms with Crippen molar-refractivity contribution in [1.82, 2.24) is 0 Å². The first kappa shape index (κ1) is 12.8. The molecule has 1 amide bonds. The summed E-state index contributed by atoms with van der Waals surface area (Å²) in [6, 6.07) is 9.58. The molecule has 0 spiro atoms. The standard InChI is InChI=1S/C15H13ClN2O2/c16-6-5-9-8-18-12-7-13(20-15(17)19)10-3-1-2-4-11(10)14(9)12/h1-7,9,18H,8H2,(H2,17,19)/b6-5+. The summed E-state index contributed by atoms with van der Waals surface area (Å²) in [5.41, 5.74) is 8.76. The van der Waals surface area contributed by atoms with Gasteiger partial charge in [-0.2, -0.15) is 0 Å². The Morgan fingerprint density at radius 2 is 2.15 bits per heavy atom. The SMILES string of the molecule is NC(=O)Oc1cc2c(c3ccccc13)C(/C=C/Cl)CN2. The van der Waals surface area contributed by atoms with E-state index in [0.717, 1.165) is 28.6 Å². The second kappa shape index (κ2) is 5.06. The minimum Gasteiger partial charge on any atom is -0.410 e. The number of anilines is 1. The van der Waals surface area contributed by atoms with Gasteiger partial charge < -0.3 is 15.8 Å². The average molecular weight is 289 g/mol. The second-order valence-corrected chi connectivity index (χ2v) is 4.86. The van der Waals surface area contributed by atoms with Gasteiger partial charge in [0.05, 0.1) is 0 Å². The second-order valence-electron chi connectivity index (χ2n) is 4.61. The van der Waals surface area contributed by atoms with Crippen molar-refractivity contribution in [2.45, 2.75) is 5.92 Å². The molecule has 1 heterocycles. The maximum absolute atomic E-state index is 11.0. The molecule has 20 heavy (non-hydrogen) atoms. The van der Waals surface area contributed by atoms with Gasteiger partial charge in [-0.1, -0.05) is 41.9 Å². The van der Waals surface area contributed by atoms with Gasteiger partial charge >= 0.3 is 6.09 Å². The van der Waals surface area contributed by atoms with Gasteiger partial charge in [0.1, 0.15) is 5.75 Å². The highest BCUT2D eigenvalue weighted by molar-refractivity contribution is 6.25. The van der Waals surface area contributed by atoms with Crippen molar-refractivity contribution in [3.8, 4) is 5.75 Å². The normalized spacial score (nSPS) is 17.1. The van der Waals surface area contributed by atoms with Gasteiger partial charge in [-0.05, 0) is 10.9 Å². The van der Waals surface area contributed by atoms with E-state index in [-0.39, 0.29) is 5.92 Å². The van der Waals surface area contributed by atoms with E-state index < -0.39 is 6.09 Å². The van der Waals surface area contributed by atoms with Gasteiger partial charge in [-0.25, -0.2) is 4.79 Å². The number of fused-ring (bicyclic) bond motifs is 3. The maximum Gasteiger partial charge on any atom is 0.409 e. The molecule has 3 N–H and O–H groups in total. The number of primary amides is 1. The van der Waals surface area contributed by atoms with E-state index >= 15 is 0 Å². The van der Waals surface area contributed by atoms with Crippen LogP contribution in [0.2, 0.25) is 0 Å². The molecule has 102 valence electrons. The largest absolute Gasteiger partial charge is 0.410 e. The number of hydrogen-bond acceptors (Lipinski definition) is 3. The summed E-state index contributed by atoms with van der Waals surface area (Å²) in [5.74, 6) is 0.671.